The lowest BCUT2D eigenvalue weighted by Gasteiger charge is -2.33. The van der Waals surface area contributed by atoms with Crippen molar-refractivity contribution in [1.29, 1.82) is 0 Å². The second kappa shape index (κ2) is 7.84. The van der Waals surface area contributed by atoms with Crippen molar-refractivity contribution >= 4 is 10.0 Å². The number of pyridine rings is 1. The first kappa shape index (κ1) is 18.2. The zero-order valence-electron chi connectivity index (χ0n) is 15.1. The van der Waals surface area contributed by atoms with Gasteiger partial charge in [0.1, 0.15) is 0 Å². The van der Waals surface area contributed by atoms with Gasteiger partial charge in [-0.25, -0.2) is 8.42 Å². The third-order valence-corrected chi connectivity index (χ3v) is 6.69. The van der Waals surface area contributed by atoms with E-state index in [-0.39, 0.29) is 4.90 Å². The second-order valence-corrected chi connectivity index (χ2v) is 8.60. The van der Waals surface area contributed by atoms with Crippen LogP contribution >= 0.6 is 0 Å². The van der Waals surface area contributed by atoms with E-state index in [4.69, 9.17) is 9.47 Å². The Labute approximate surface area is 159 Å². The number of fused-ring (bicyclic) bond motifs is 1. The molecule has 3 heterocycles. The van der Waals surface area contributed by atoms with Gasteiger partial charge in [0, 0.05) is 51.4 Å². The third-order valence-electron chi connectivity index (χ3n) is 4.80. The van der Waals surface area contributed by atoms with Gasteiger partial charge >= 0.3 is 0 Å². The molecule has 0 amide bonds. The molecule has 0 atom stereocenters. The molecular formula is C19H23N3O4S. The number of rotatable bonds is 4. The summed E-state index contributed by atoms with van der Waals surface area (Å²) in [5.74, 6) is 1.11. The lowest BCUT2D eigenvalue weighted by Crippen LogP contribution is -2.48. The van der Waals surface area contributed by atoms with E-state index in [1.165, 1.54) is 0 Å². The van der Waals surface area contributed by atoms with Crippen LogP contribution in [0.4, 0.5) is 0 Å². The van der Waals surface area contributed by atoms with Gasteiger partial charge in [0.05, 0.1) is 23.8 Å². The van der Waals surface area contributed by atoms with E-state index in [1.807, 2.05) is 18.2 Å². The normalized spacial score (nSPS) is 18.8. The molecule has 8 heteroatoms. The quantitative estimate of drug-likeness (QED) is 0.793. The molecule has 7 nitrogen and oxygen atoms in total. The number of benzene rings is 1. The fraction of sp³-hybridized carbons (Fsp3) is 0.421. The summed E-state index contributed by atoms with van der Waals surface area (Å²) in [6, 6.07) is 10.7. The van der Waals surface area contributed by atoms with Crippen molar-refractivity contribution in [1.82, 2.24) is 14.2 Å². The highest BCUT2D eigenvalue weighted by molar-refractivity contribution is 7.89. The minimum absolute atomic E-state index is 0.255. The number of nitrogens with zero attached hydrogens (tertiary/aromatic N) is 3. The summed E-state index contributed by atoms with van der Waals surface area (Å²) in [4.78, 5) is 6.82. The van der Waals surface area contributed by atoms with Crippen LogP contribution in [0.3, 0.4) is 0 Å². The Bertz CT molecular complexity index is 881. The third kappa shape index (κ3) is 4.07. The van der Waals surface area contributed by atoms with Crippen LogP contribution in [0.15, 0.2) is 47.5 Å². The Kier molecular flexibility index (Phi) is 5.29. The predicted octanol–water partition coefficient (Wildman–Crippen LogP) is 1.75. The van der Waals surface area contributed by atoms with Crippen LogP contribution in [-0.4, -0.2) is 62.0 Å². The van der Waals surface area contributed by atoms with Crippen molar-refractivity contribution in [3.05, 3.63) is 48.3 Å². The van der Waals surface area contributed by atoms with E-state index in [0.29, 0.717) is 50.9 Å². The van der Waals surface area contributed by atoms with Crippen molar-refractivity contribution in [3.63, 3.8) is 0 Å². The SMILES string of the molecule is O=S(=O)(c1ccc2c(c1)OCCCO2)N1CCN(Cc2ccccn2)CC1. The summed E-state index contributed by atoms with van der Waals surface area (Å²) < 4.78 is 38.8. The molecule has 0 saturated carbocycles. The van der Waals surface area contributed by atoms with Gasteiger partial charge in [-0.15, -0.1) is 0 Å². The minimum Gasteiger partial charge on any atom is -0.490 e. The average molecular weight is 389 g/mol. The molecule has 1 aromatic heterocycles. The van der Waals surface area contributed by atoms with Crippen LogP contribution in [0.25, 0.3) is 0 Å². The highest BCUT2D eigenvalue weighted by atomic mass is 32.2. The molecular weight excluding hydrogens is 366 g/mol. The Hall–Kier alpha value is -2.16. The van der Waals surface area contributed by atoms with Crippen molar-refractivity contribution in [2.75, 3.05) is 39.4 Å². The molecule has 2 aliphatic rings. The van der Waals surface area contributed by atoms with Gasteiger partial charge in [0.2, 0.25) is 10.0 Å². The number of hydrogen-bond donors (Lipinski definition) is 0. The lowest BCUT2D eigenvalue weighted by atomic mass is 10.3. The zero-order valence-corrected chi connectivity index (χ0v) is 15.9. The number of hydrogen-bond acceptors (Lipinski definition) is 6. The fourth-order valence-corrected chi connectivity index (χ4v) is 4.74. The maximum atomic E-state index is 13.0. The van der Waals surface area contributed by atoms with Gasteiger partial charge in [-0.1, -0.05) is 6.07 Å². The predicted molar refractivity (Wildman–Crippen MR) is 100 cm³/mol. The summed E-state index contributed by atoms with van der Waals surface area (Å²) in [5.41, 5.74) is 0.997. The van der Waals surface area contributed by atoms with Crippen molar-refractivity contribution in [2.24, 2.45) is 0 Å². The number of piperazine rings is 1. The Morgan fingerprint density at radius 3 is 2.48 bits per heavy atom. The van der Waals surface area contributed by atoms with Crippen molar-refractivity contribution in [2.45, 2.75) is 17.9 Å². The van der Waals surface area contributed by atoms with Crippen LogP contribution in [0.1, 0.15) is 12.1 Å². The molecule has 0 bridgehead atoms. The highest BCUT2D eigenvalue weighted by Gasteiger charge is 2.29. The number of aromatic nitrogens is 1. The van der Waals surface area contributed by atoms with E-state index >= 15 is 0 Å². The summed E-state index contributed by atoms with van der Waals surface area (Å²) in [6.07, 6.45) is 2.56. The molecule has 2 aromatic rings. The first-order chi connectivity index (χ1) is 13.1. The summed E-state index contributed by atoms with van der Waals surface area (Å²) in [7, 11) is -3.55. The van der Waals surface area contributed by atoms with E-state index in [2.05, 4.69) is 9.88 Å². The van der Waals surface area contributed by atoms with Crippen LogP contribution < -0.4 is 9.47 Å². The standard InChI is InChI=1S/C19H23N3O4S/c23-27(24,17-5-6-18-19(14-17)26-13-3-12-25-18)22-10-8-21(9-11-22)15-16-4-1-2-7-20-16/h1-2,4-7,14H,3,8-13,15H2. The average Bonchev–Trinajstić information content (AvgIpc) is 2.94. The van der Waals surface area contributed by atoms with Crippen LogP contribution in [-0.2, 0) is 16.6 Å². The van der Waals surface area contributed by atoms with Crippen molar-refractivity contribution < 1.29 is 17.9 Å². The molecule has 1 fully saturated rings. The van der Waals surface area contributed by atoms with E-state index in [0.717, 1.165) is 18.7 Å². The molecule has 1 aromatic carbocycles. The summed E-state index contributed by atoms with van der Waals surface area (Å²) in [6.45, 7) is 4.13. The van der Waals surface area contributed by atoms with Crippen molar-refractivity contribution in [3.8, 4) is 11.5 Å². The Balaban J connectivity index is 1.43. The van der Waals surface area contributed by atoms with Gasteiger partial charge in [-0.3, -0.25) is 9.88 Å². The van der Waals surface area contributed by atoms with Gasteiger partial charge < -0.3 is 9.47 Å². The molecule has 0 spiro atoms. The Morgan fingerprint density at radius 2 is 1.74 bits per heavy atom. The van der Waals surface area contributed by atoms with E-state index in [9.17, 15) is 8.42 Å². The summed E-state index contributed by atoms with van der Waals surface area (Å²) >= 11 is 0. The van der Waals surface area contributed by atoms with Crippen LogP contribution in [0, 0.1) is 0 Å². The van der Waals surface area contributed by atoms with Gasteiger partial charge in [0.25, 0.3) is 0 Å². The van der Waals surface area contributed by atoms with E-state index in [1.54, 1.807) is 28.7 Å². The molecule has 27 heavy (non-hydrogen) atoms. The molecule has 4 rings (SSSR count). The molecule has 0 unspecified atom stereocenters. The maximum absolute atomic E-state index is 13.0. The molecule has 1 saturated heterocycles. The molecule has 144 valence electrons. The zero-order chi connectivity index (χ0) is 18.7. The first-order valence-electron chi connectivity index (χ1n) is 9.15. The fourth-order valence-electron chi connectivity index (χ4n) is 3.30. The maximum Gasteiger partial charge on any atom is 0.243 e. The van der Waals surface area contributed by atoms with Gasteiger partial charge in [0.15, 0.2) is 11.5 Å². The number of sulfonamides is 1. The molecule has 2 aliphatic heterocycles. The summed E-state index contributed by atoms with van der Waals surface area (Å²) in [5, 5.41) is 0. The Morgan fingerprint density at radius 1 is 0.963 bits per heavy atom. The number of ether oxygens (including phenoxy) is 2. The highest BCUT2D eigenvalue weighted by Crippen LogP contribution is 2.33. The van der Waals surface area contributed by atoms with Crippen LogP contribution in [0.2, 0.25) is 0 Å². The molecule has 0 N–H and O–H groups in total. The second-order valence-electron chi connectivity index (χ2n) is 6.66. The lowest BCUT2D eigenvalue weighted by molar-refractivity contribution is 0.180. The largest absolute Gasteiger partial charge is 0.490 e. The smallest absolute Gasteiger partial charge is 0.243 e. The van der Waals surface area contributed by atoms with Crippen LogP contribution in [0.5, 0.6) is 11.5 Å². The van der Waals surface area contributed by atoms with Gasteiger partial charge in [-0.2, -0.15) is 4.31 Å². The molecule has 0 radical (unpaired) electrons. The molecule has 0 aliphatic carbocycles. The monoisotopic (exact) mass is 389 g/mol. The van der Waals surface area contributed by atoms with E-state index < -0.39 is 10.0 Å². The minimum atomic E-state index is -3.55. The topological polar surface area (TPSA) is 72.0 Å². The van der Waals surface area contributed by atoms with Gasteiger partial charge in [-0.05, 0) is 24.3 Å². The first-order valence-corrected chi connectivity index (χ1v) is 10.6.